The molecule has 0 saturated carbocycles. The molecule has 0 radical (unpaired) electrons. The van der Waals surface area contributed by atoms with E-state index in [-0.39, 0.29) is 5.91 Å². The molecule has 1 aromatic heterocycles. The van der Waals surface area contributed by atoms with Crippen LogP contribution in [0.1, 0.15) is 10.4 Å². The average molecular weight is 334 g/mol. The summed E-state index contributed by atoms with van der Waals surface area (Å²) in [6.07, 6.45) is 3.34. The zero-order chi connectivity index (χ0) is 17.1. The summed E-state index contributed by atoms with van der Waals surface area (Å²) in [5, 5.41) is 12.5. The summed E-state index contributed by atoms with van der Waals surface area (Å²) in [6, 6.07) is 13.4. The second kappa shape index (κ2) is 6.86. The van der Waals surface area contributed by atoms with Crippen LogP contribution in [0.3, 0.4) is 0 Å². The summed E-state index contributed by atoms with van der Waals surface area (Å²) >= 11 is 0. The lowest BCUT2D eigenvalue weighted by atomic mass is 10.1. The molecule has 2 heterocycles. The van der Waals surface area contributed by atoms with Crippen LogP contribution in [0.15, 0.2) is 54.9 Å². The number of rotatable bonds is 3. The predicted molar refractivity (Wildman–Crippen MR) is 97.0 cm³/mol. The molecule has 6 heteroatoms. The number of carbonyl (C=O) groups is 1. The number of benzene rings is 2. The van der Waals surface area contributed by atoms with Crippen LogP contribution in [-0.2, 0) is 4.74 Å². The number of fused-ring (bicyclic) bond motifs is 1. The molecule has 0 bridgehead atoms. The summed E-state index contributed by atoms with van der Waals surface area (Å²) < 4.78 is 5.37. The standard InChI is InChI=1S/C19H18N4O2/c24-19(14-1-2-15-12-20-21-13-16(15)11-14)22-17-3-5-18(6-4-17)23-7-9-25-10-8-23/h1-6,11-13H,7-10H2,(H,22,24). The largest absolute Gasteiger partial charge is 0.378 e. The van der Waals surface area contributed by atoms with Gasteiger partial charge in [-0.3, -0.25) is 4.79 Å². The highest BCUT2D eigenvalue weighted by Gasteiger charge is 2.12. The third-order valence-corrected chi connectivity index (χ3v) is 4.31. The number of ether oxygens (including phenoxy) is 1. The first-order chi connectivity index (χ1) is 12.3. The van der Waals surface area contributed by atoms with Crippen LogP contribution in [0, 0.1) is 0 Å². The first kappa shape index (κ1) is 15.5. The lowest BCUT2D eigenvalue weighted by Gasteiger charge is -2.28. The molecule has 1 aliphatic rings. The maximum atomic E-state index is 12.5. The Morgan fingerprint density at radius 3 is 2.44 bits per heavy atom. The number of hydrogen-bond donors (Lipinski definition) is 1. The Hall–Kier alpha value is -2.99. The van der Waals surface area contributed by atoms with Crippen molar-refractivity contribution < 1.29 is 9.53 Å². The van der Waals surface area contributed by atoms with Crippen LogP contribution in [-0.4, -0.2) is 42.4 Å². The summed E-state index contributed by atoms with van der Waals surface area (Å²) in [5.41, 5.74) is 2.51. The number of hydrogen-bond acceptors (Lipinski definition) is 5. The van der Waals surface area contributed by atoms with Gasteiger partial charge in [-0.05, 0) is 36.4 Å². The number of morpholine rings is 1. The van der Waals surface area contributed by atoms with Crippen LogP contribution in [0.4, 0.5) is 11.4 Å². The van der Waals surface area contributed by atoms with Crippen molar-refractivity contribution in [3.8, 4) is 0 Å². The normalized spacial score (nSPS) is 14.5. The van der Waals surface area contributed by atoms with Crippen LogP contribution in [0.25, 0.3) is 10.8 Å². The van der Waals surface area contributed by atoms with E-state index in [4.69, 9.17) is 4.74 Å². The van der Waals surface area contributed by atoms with Gasteiger partial charge in [0.2, 0.25) is 0 Å². The zero-order valence-electron chi connectivity index (χ0n) is 13.7. The molecule has 1 aliphatic heterocycles. The monoisotopic (exact) mass is 334 g/mol. The minimum atomic E-state index is -0.141. The fourth-order valence-corrected chi connectivity index (χ4v) is 2.92. The van der Waals surface area contributed by atoms with E-state index >= 15 is 0 Å². The van der Waals surface area contributed by atoms with Gasteiger partial charge in [0.1, 0.15) is 0 Å². The molecule has 0 spiro atoms. The van der Waals surface area contributed by atoms with Gasteiger partial charge in [-0.15, -0.1) is 0 Å². The third-order valence-electron chi connectivity index (χ3n) is 4.31. The quantitative estimate of drug-likeness (QED) is 0.798. The van der Waals surface area contributed by atoms with Crippen molar-refractivity contribution in [2.75, 3.05) is 36.5 Å². The minimum absolute atomic E-state index is 0.141. The number of nitrogens with one attached hydrogen (secondary N) is 1. The molecule has 6 nitrogen and oxygen atoms in total. The van der Waals surface area contributed by atoms with Gasteiger partial charge < -0.3 is 15.0 Å². The lowest BCUT2D eigenvalue weighted by molar-refractivity contribution is 0.102. The fraction of sp³-hybridized carbons (Fsp3) is 0.211. The van der Waals surface area contributed by atoms with Crippen LogP contribution >= 0.6 is 0 Å². The molecule has 3 aromatic rings. The number of carbonyl (C=O) groups excluding carboxylic acids is 1. The molecule has 2 aromatic carbocycles. The maximum absolute atomic E-state index is 12.5. The van der Waals surface area contributed by atoms with Crippen molar-refractivity contribution in [2.24, 2.45) is 0 Å². The summed E-state index contributed by atoms with van der Waals surface area (Å²) in [7, 11) is 0. The lowest BCUT2D eigenvalue weighted by Crippen LogP contribution is -2.36. The average Bonchev–Trinajstić information content (AvgIpc) is 2.69. The Morgan fingerprint density at radius 1 is 0.960 bits per heavy atom. The Morgan fingerprint density at radius 2 is 1.68 bits per heavy atom. The molecule has 1 fully saturated rings. The molecule has 1 N–H and O–H groups in total. The zero-order valence-corrected chi connectivity index (χ0v) is 13.7. The molecular formula is C19H18N4O2. The minimum Gasteiger partial charge on any atom is -0.378 e. The molecule has 4 rings (SSSR count). The van der Waals surface area contributed by atoms with E-state index in [1.807, 2.05) is 36.4 Å². The third kappa shape index (κ3) is 3.44. The smallest absolute Gasteiger partial charge is 0.255 e. The van der Waals surface area contributed by atoms with Gasteiger partial charge >= 0.3 is 0 Å². The molecule has 1 amide bonds. The highest BCUT2D eigenvalue weighted by atomic mass is 16.5. The first-order valence-electron chi connectivity index (χ1n) is 8.24. The molecule has 25 heavy (non-hydrogen) atoms. The SMILES string of the molecule is O=C(Nc1ccc(N2CCOCC2)cc1)c1ccc2cnncc2c1. The van der Waals surface area contributed by atoms with Gasteiger partial charge in [-0.2, -0.15) is 10.2 Å². The van der Waals surface area contributed by atoms with E-state index in [1.165, 1.54) is 0 Å². The van der Waals surface area contributed by atoms with Gasteiger partial charge in [-0.1, -0.05) is 6.07 Å². The number of anilines is 2. The highest BCUT2D eigenvalue weighted by Crippen LogP contribution is 2.20. The van der Waals surface area contributed by atoms with E-state index in [9.17, 15) is 4.79 Å². The van der Waals surface area contributed by atoms with Gasteiger partial charge in [0.05, 0.1) is 25.6 Å². The molecule has 126 valence electrons. The Labute approximate surface area is 145 Å². The molecular weight excluding hydrogens is 316 g/mol. The van der Waals surface area contributed by atoms with Crippen LogP contribution in [0.2, 0.25) is 0 Å². The molecule has 1 saturated heterocycles. The second-order valence-electron chi connectivity index (χ2n) is 5.93. The highest BCUT2D eigenvalue weighted by molar-refractivity contribution is 6.06. The van der Waals surface area contributed by atoms with Crippen LogP contribution in [0.5, 0.6) is 0 Å². The van der Waals surface area contributed by atoms with Crippen molar-refractivity contribution >= 4 is 28.1 Å². The summed E-state index contributed by atoms with van der Waals surface area (Å²) in [5.74, 6) is -0.141. The fourth-order valence-electron chi connectivity index (χ4n) is 2.92. The molecule has 0 atom stereocenters. The Kier molecular flexibility index (Phi) is 4.26. The number of amides is 1. The van der Waals surface area contributed by atoms with Gasteiger partial charge in [0.25, 0.3) is 5.91 Å². The number of nitrogens with zero attached hydrogens (tertiary/aromatic N) is 3. The van der Waals surface area contributed by atoms with Gasteiger partial charge in [0, 0.05) is 40.8 Å². The molecule has 0 aliphatic carbocycles. The Balaban J connectivity index is 1.47. The van der Waals surface area contributed by atoms with Crippen molar-refractivity contribution in [3.63, 3.8) is 0 Å². The topological polar surface area (TPSA) is 67.4 Å². The van der Waals surface area contributed by atoms with Gasteiger partial charge in [0.15, 0.2) is 0 Å². The van der Waals surface area contributed by atoms with Crippen molar-refractivity contribution in [3.05, 3.63) is 60.4 Å². The van der Waals surface area contributed by atoms with E-state index in [0.29, 0.717) is 5.56 Å². The van der Waals surface area contributed by atoms with Gasteiger partial charge in [-0.25, -0.2) is 0 Å². The first-order valence-corrected chi connectivity index (χ1v) is 8.24. The van der Waals surface area contributed by atoms with E-state index in [1.54, 1.807) is 18.5 Å². The predicted octanol–water partition coefficient (Wildman–Crippen LogP) is 2.72. The van der Waals surface area contributed by atoms with Crippen molar-refractivity contribution in [2.45, 2.75) is 0 Å². The second-order valence-corrected chi connectivity index (χ2v) is 5.93. The summed E-state index contributed by atoms with van der Waals surface area (Å²) in [6.45, 7) is 3.30. The molecule has 0 unspecified atom stereocenters. The number of aromatic nitrogens is 2. The van der Waals surface area contributed by atoms with Crippen molar-refractivity contribution in [1.29, 1.82) is 0 Å². The summed E-state index contributed by atoms with van der Waals surface area (Å²) in [4.78, 5) is 14.7. The van der Waals surface area contributed by atoms with Crippen molar-refractivity contribution in [1.82, 2.24) is 10.2 Å². The van der Waals surface area contributed by atoms with E-state index < -0.39 is 0 Å². The van der Waals surface area contributed by atoms with Crippen LogP contribution < -0.4 is 10.2 Å². The van der Waals surface area contributed by atoms with E-state index in [0.717, 1.165) is 48.5 Å². The van der Waals surface area contributed by atoms with E-state index in [2.05, 4.69) is 20.4 Å². The Bertz CT molecular complexity index is 889. The maximum Gasteiger partial charge on any atom is 0.255 e.